The first-order valence-corrected chi connectivity index (χ1v) is 7.65. The molecule has 1 fully saturated rings. The molecule has 3 rings (SSSR count). The van der Waals surface area contributed by atoms with Gasteiger partial charge in [-0.1, -0.05) is 0 Å². The van der Waals surface area contributed by atoms with E-state index in [4.69, 9.17) is 0 Å². The highest BCUT2D eigenvalue weighted by atomic mass is 19.3. The zero-order valence-electron chi connectivity index (χ0n) is 12.2. The first-order valence-electron chi connectivity index (χ1n) is 7.65. The Morgan fingerprint density at radius 3 is 2.81 bits per heavy atom. The molecular weight excluding hydrogens is 276 g/mol. The third kappa shape index (κ3) is 3.09. The zero-order valence-corrected chi connectivity index (χ0v) is 12.2. The number of rotatable bonds is 2. The number of alkyl halides is 2. The van der Waals surface area contributed by atoms with Gasteiger partial charge in [0, 0.05) is 37.6 Å². The molecule has 1 atom stereocenters. The fourth-order valence-electron chi connectivity index (χ4n) is 3.41. The highest BCUT2D eigenvalue weighted by molar-refractivity contribution is 5.79. The van der Waals surface area contributed by atoms with Crippen LogP contribution in [-0.2, 0) is 18.3 Å². The van der Waals surface area contributed by atoms with E-state index in [1.54, 1.807) is 4.68 Å². The molecule has 1 aromatic rings. The van der Waals surface area contributed by atoms with Gasteiger partial charge in [0.05, 0.1) is 11.7 Å². The summed E-state index contributed by atoms with van der Waals surface area (Å²) in [5.41, 5.74) is 2.13. The fraction of sp³-hybridized carbons (Fsp3) is 0.733. The number of nitrogens with zero attached hydrogens (tertiary/aromatic N) is 2. The van der Waals surface area contributed by atoms with Crippen LogP contribution in [0.4, 0.5) is 8.78 Å². The molecule has 6 heteroatoms. The lowest BCUT2D eigenvalue weighted by Gasteiger charge is -2.30. The predicted octanol–water partition coefficient (Wildman–Crippen LogP) is 2.74. The minimum atomic E-state index is -2.59. The van der Waals surface area contributed by atoms with Crippen molar-refractivity contribution in [2.24, 2.45) is 13.0 Å². The summed E-state index contributed by atoms with van der Waals surface area (Å²) in [5.74, 6) is -2.93. The molecule has 1 aromatic heterocycles. The van der Waals surface area contributed by atoms with E-state index in [0.29, 0.717) is 0 Å². The van der Waals surface area contributed by atoms with Crippen molar-refractivity contribution in [1.82, 2.24) is 15.1 Å². The van der Waals surface area contributed by atoms with Gasteiger partial charge >= 0.3 is 0 Å². The smallest absolute Gasteiger partial charge is 0.248 e. The number of hydrogen-bond acceptors (Lipinski definition) is 2. The van der Waals surface area contributed by atoms with Crippen LogP contribution in [0.25, 0.3) is 0 Å². The maximum atomic E-state index is 13.2. The first-order chi connectivity index (χ1) is 9.94. The number of amides is 1. The van der Waals surface area contributed by atoms with Crippen molar-refractivity contribution in [3.63, 3.8) is 0 Å². The van der Waals surface area contributed by atoms with E-state index >= 15 is 0 Å². The van der Waals surface area contributed by atoms with Gasteiger partial charge in [-0.2, -0.15) is 5.10 Å². The summed E-state index contributed by atoms with van der Waals surface area (Å²) < 4.78 is 28.1. The molecule has 1 unspecified atom stereocenters. The Balaban J connectivity index is 1.63. The molecule has 1 amide bonds. The number of aryl methyl sites for hydroxylation is 2. The Bertz CT molecular complexity index is 531. The molecule has 0 saturated heterocycles. The van der Waals surface area contributed by atoms with E-state index in [1.165, 1.54) is 0 Å². The molecule has 0 bridgehead atoms. The van der Waals surface area contributed by atoms with Crippen LogP contribution in [0.2, 0.25) is 0 Å². The van der Waals surface area contributed by atoms with Gasteiger partial charge in [-0.25, -0.2) is 8.78 Å². The van der Waals surface area contributed by atoms with E-state index in [1.807, 2.05) is 13.2 Å². The average Bonchev–Trinajstić information content (AvgIpc) is 2.80. The Morgan fingerprint density at radius 1 is 1.38 bits per heavy atom. The normalized spacial score (nSPS) is 25.4. The SMILES string of the molecule is Cn1cc2c(n1)CCCC2NC(=O)C1CCC(F)(F)CC1. The summed E-state index contributed by atoms with van der Waals surface area (Å²) in [6, 6.07) is -0.0163. The van der Waals surface area contributed by atoms with Crippen LogP contribution in [0.1, 0.15) is 55.8 Å². The number of halogens is 2. The minimum Gasteiger partial charge on any atom is -0.349 e. The lowest BCUT2D eigenvalue weighted by atomic mass is 9.85. The summed E-state index contributed by atoms with van der Waals surface area (Å²) >= 11 is 0. The number of aromatic nitrogens is 2. The van der Waals surface area contributed by atoms with Crippen molar-refractivity contribution >= 4 is 5.91 Å². The number of hydrogen-bond donors (Lipinski definition) is 1. The summed E-state index contributed by atoms with van der Waals surface area (Å²) in [5, 5.41) is 7.45. The van der Waals surface area contributed by atoms with Crippen LogP contribution in [0.3, 0.4) is 0 Å². The van der Waals surface area contributed by atoms with Crippen LogP contribution in [-0.4, -0.2) is 21.6 Å². The van der Waals surface area contributed by atoms with Gasteiger partial charge in [0.1, 0.15) is 0 Å². The quantitative estimate of drug-likeness (QED) is 0.912. The molecule has 1 saturated carbocycles. The van der Waals surface area contributed by atoms with Crippen molar-refractivity contribution in [2.45, 2.75) is 56.9 Å². The Morgan fingerprint density at radius 2 is 2.10 bits per heavy atom. The topological polar surface area (TPSA) is 46.9 Å². The average molecular weight is 297 g/mol. The van der Waals surface area contributed by atoms with Crippen molar-refractivity contribution in [3.8, 4) is 0 Å². The summed E-state index contributed by atoms with van der Waals surface area (Å²) in [6.07, 6.45) is 5.01. The zero-order chi connectivity index (χ0) is 15.0. The molecule has 0 aromatic carbocycles. The first kappa shape index (κ1) is 14.5. The highest BCUT2D eigenvalue weighted by Crippen LogP contribution is 2.37. The molecule has 0 radical (unpaired) electrons. The molecular formula is C15H21F2N3O. The third-order valence-electron chi connectivity index (χ3n) is 4.62. The largest absolute Gasteiger partial charge is 0.349 e. The Hall–Kier alpha value is -1.46. The van der Waals surface area contributed by atoms with Crippen LogP contribution in [0.15, 0.2) is 6.20 Å². The standard InChI is InChI=1S/C15H21F2N3O/c1-20-9-11-12(3-2-4-13(11)19-20)18-14(21)10-5-7-15(16,17)8-6-10/h9-10,12H,2-8H2,1H3,(H,18,21). The molecule has 116 valence electrons. The molecule has 1 heterocycles. The van der Waals surface area contributed by atoms with Crippen LogP contribution < -0.4 is 5.32 Å². The highest BCUT2D eigenvalue weighted by Gasteiger charge is 2.38. The van der Waals surface area contributed by atoms with Crippen molar-refractivity contribution in [2.75, 3.05) is 0 Å². The van der Waals surface area contributed by atoms with Gasteiger partial charge in [0.15, 0.2) is 0 Å². The molecule has 2 aliphatic rings. The summed E-state index contributed by atoms with van der Waals surface area (Å²) in [6.45, 7) is 0. The molecule has 4 nitrogen and oxygen atoms in total. The second-order valence-corrected chi connectivity index (χ2v) is 6.29. The Kier molecular flexibility index (Phi) is 3.71. The maximum absolute atomic E-state index is 13.2. The van der Waals surface area contributed by atoms with Crippen molar-refractivity contribution in [1.29, 1.82) is 0 Å². The molecule has 21 heavy (non-hydrogen) atoms. The lowest BCUT2D eigenvalue weighted by molar-refractivity contribution is -0.130. The lowest BCUT2D eigenvalue weighted by Crippen LogP contribution is -2.38. The van der Waals surface area contributed by atoms with Gasteiger partial charge in [0.2, 0.25) is 11.8 Å². The van der Waals surface area contributed by atoms with Gasteiger partial charge in [0.25, 0.3) is 0 Å². The van der Waals surface area contributed by atoms with Gasteiger partial charge in [-0.3, -0.25) is 9.48 Å². The van der Waals surface area contributed by atoms with E-state index in [2.05, 4.69) is 10.4 Å². The number of fused-ring (bicyclic) bond motifs is 1. The Labute approximate surface area is 122 Å². The van der Waals surface area contributed by atoms with Gasteiger partial charge in [-0.05, 0) is 32.1 Å². The molecule has 0 spiro atoms. The number of carbonyl (C=O) groups is 1. The second kappa shape index (κ2) is 5.39. The van der Waals surface area contributed by atoms with E-state index in [-0.39, 0.29) is 43.6 Å². The van der Waals surface area contributed by atoms with E-state index in [9.17, 15) is 13.6 Å². The predicted molar refractivity (Wildman–Crippen MR) is 73.9 cm³/mol. The van der Waals surface area contributed by atoms with Crippen molar-refractivity contribution < 1.29 is 13.6 Å². The summed E-state index contributed by atoms with van der Waals surface area (Å²) in [4.78, 5) is 12.3. The maximum Gasteiger partial charge on any atom is 0.248 e. The fourth-order valence-corrected chi connectivity index (χ4v) is 3.41. The molecule has 2 aliphatic carbocycles. The van der Waals surface area contributed by atoms with E-state index < -0.39 is 5.92 Å². The minimum absolute atomic E-state index is 0.0163. The van der Waals surface area contributed by atoms with Gasteiger partial charge < -0.3 is 5.32 Å². The summed E-state index contributed by atoms with van der Waals surface area (Å²) in [7, 11) is 1.88. The molecule has 0 aliphatic heterocycles. The van der Waals surface area contributed by atoms with Crippen LogP contribution in [0, 0.1) is 5.92 Å². The number of carbonyl (C=O) groups excluding carboxylic acids is 1. The van der Waals surface area contributed by atoms with E-state index in [0.717, 1.165) is 30.5 Å². The third-order valence-corrected chi connectivity index (χ3v) is 4.62. The molecule has 1 N–H and O–H groups in total. The second-order valence-electron chi connectivity index (χ2n) is 6.29. The van der Waals surface area contributed by atoms with Gasteiger partial charge in [-0.15, -0.1) is 0 Å². The number of nitrogens with one attached hydrogen (secondary N) is 1. The monoisotopic (exact) mass is 297 g/mol. The van der Waals surface area contributed by atoms with Crippen LogP contribution in [0.5, 0.6) is 0 Å². The van der Waals surface area contributed by atoms with Crippen molar-refractivity contribution in [3.05, 3.63) is 17.5 Å². The van der Waals surface area contributed by atoms with Crippen LogP contribution >= 0.6 is 0 Å².